The standard InChI is InChI=1S/C16H23N3O4/c1-17-14(20)9-12-16(21)18-7-8-19(12)10-11-5-4-6-13(22-2)15(11)23-3/h4-6,12H,7-10H2,1-3H3,(H,17,20)(H,18,21). The molecule has 1 aromatic carbocycles. The first-order valence-electron chi connectivity index (χ1n) is 7.53. The zero-order valence-corrected chi connectivity index (χ0v) is 13.7. The minimum absolute atomic E-state index is 0.123. The summed E-state index contributed by atoms with van der Waals surface area (Å²) in [5.41, 5.74) is 0.920. The van der Waals surface area contributed by atoms with Gasteiger partial charge in [0.05, 0.1) is 26.7 Å². The lowest BCUT2D eigenvalue weighted by atomic mass is 10.1. The Hall–Kier alpha value is -2.28. The molecule has 126 valence electrons. The van der Waals surface area contributed by atoms with Crippen molar-refractivity contribution in [2.24, 2.45) is 0 Å². The van der Waals surface area contributed by atoms with E-state index in [1.54, 1.807) is 21.3 Å². The van der Waals surface area contributed by atoms with Crippen LogP contribution >= 0.6 is 0 Å². The Morgan fingerprint density at radius 1 is 1.39 bits per heavy atom. The number of benzene rings is 1. The van der Waals surface area contributed by atoms with Crippen molar-refractivity contribution in [1.82, 2.24) is 15.5 Å². The second kappa shape index (κ2) is 7.82. The van der Waals surface area contributed by atoms with E-state index in [2.05, 4.69) is 10.6 Å². The highest BCUT2D eigenvalue weighted by Crippen LogP contribution is 2.32. The summed E-state index contributed by atoms with van der Waals surface area (Å²) in [5.74, 6) is 1.02. The zero-order valence-electron chi connectivity index (χ0n) is 13.7. The number of piperazine rings is 1. The van der Waals surface area contributed by atoms with Crippen molar-refractivity contribution in [3.8, 4) is 11.5 Å². The molecule has 2 N–H and O–H groups in total. The highest BCUT2D eigenvalue weighted by molar-refractivity contribution is 5.88. The lowest BCUT2D eigenvalue weighted by Crippen LogP contribution is -2.56. The van der Waals surface area contributed by atoms with Gasteiger partial charge in [-0.1, -0.05) is 12.1 Å². The maximum atomic E-state index is 12.1. The van der Waals surface area contributed by atoms with Gasteiger partial charge >= 0.3 is 0 Å². The van der Waals surface area contributed by atoms with Crippen LogP contribution in [0.3, 0.4) is 0 Å². The number of rotatable bonds is 6. The molecule has 7 heteroatoms. The molecule has 0 radical (unpaired) electrons. The molecular weight excluding hydrogens is 298 g/mol. The average Bonchev–Trinajstić information content (AvgIpc) is 2.57. The van der Waals surface area contributed by atoms with Crippen molar-refractivity contribution in [2.75, 3.05) is 34.4 Å². The molecule has 1 atom stereocenters. The summed E-state index contributed by atoms with van der Waals surface area (Å²) in [6.45, 7) is 1.75. The molecule has 0 aromatic heterocycles. The highest BCUT2D eigenvalue weighted by Gasteiger charge is 2.32. The predicted octanol–water partition coefficient (Wildman–Crippen LogP) is 0.140. The second-order valence-corrected chi connectivity index (χ2v) is 5.31. The normalized spacial score (nSPS) is 18.2. The molecule has 1 fully saturated rings. The lowest BCUT2D eigenvalue weighted by molar-refractivity contribution is -0.134. The molecule has 0 bridgehead atoms. The summed E-state index contributed by atoms with van der Waals surface area (Å²) in [6.07, 6.45) is 0.134. The fourth-order valence-corrected chi connectivity index (χ4v) is 2.75. The largest absolute Gasteiger partial charge is 0.493 e. The minimum atomic E-state index is -0.486. The number of carbonyl (C=O) groups is 2. The van der Waals surface area contributed by atoms with Gasteiger partial charge in [0.2, 0.25) is 11.8 Å². The number of nitrogens with one attached hydrogen (secondary N) is 2. The maximum Gasteiger partial charge on any atom is 0.237 e. The van der Waals surface area contributed by atoms with E-state index >= 15 is 0 Å². The van der Waals surface area contributed by atoms with Crippen molar-refractivity contribution >= 4 is 11.8 Å². The number of amides is 2. The Bertz CT molecular complexity index is 576. The van der Waals surface area contributed by atoms with Crippen LogP contribution in [0.15, 0.2) is 18.2 Å². The van der Waals surface area contributed by atoms with E-state index in [1.807, 2.05) is 23.1 Å². The molecule has 1 saturated heterocycles. The molecule has 1 aliphatic heterocycles. The van der Waals surface area contributed by atoms with E-state index in [4.69, 9.17) is 9.47 Å². The number of nitrogens with zero attached hydrogens (tertiary/aromatic N) is 1. The highest BCUT2D eigenvalue weighted by atomic mass is 16.5. The van der Waals surface area contributed by atoms with Crippen molar-refractivity contribution in [2.45, 2.75) is 19.0 Å². The van der Waals surface area contributed by atoms with E-state index in [0.717, 1.165) is 5.56 Å². The van der Waals surface area contributed by atoms with Gasteiger partial charge in [-0.2, -0.15) is 0 Å². The Morgan fingerprint density at radius 2 is 2.17 bits per heavy atom. The molecule has 2 amide bonds. The Morgan fingerprint density at radius 3 is 2.83 bits per heavy atom. The number of hydrogen-bond acceptors (Lipinski definition) is 5. The smallest absolute Gasteiger partial charge is 0.237 e. The van der Waals surface area contributed by atoms with Gasteiger partial charge in [0, 0.05) is 32.2 Å². The molecule has 1 aromatic rings. The molecule has 23 heavy (non-hydrogen) atoms. The minimum Gasteiger partial charge on any atom is -0.493 e. The first kappa shape index (κ1) is 17.1. The first-order valence-corrected chi connectivity index (χ1v) is 7.53. The summed E-state index contributed by atoms with van der Waals surface area (Å²) in [6, 6.07) is 5.16. The second-order valence-electron chi connectivity index (χ2n) is 5.31. The Labute approximate surface area is 135 Å². The van der Waals surface area contributed by atoms with Crippen LogP contribution in [0, 0.1) is 0 Å². The van der Waals surface area contributed by atoms with Crippen LogP contribution < -0.4 is 20.1 Å². The Kier molecular flexibility index (Phi) is 5.81. The topological polar surface area (TPSA) is 79.9 Å². The van der Waals surface area contributed by atoms with Crippen molar-refractivity contribution in [3.05, 3.63) is 23.8 Å². The van der Waals surface area contributed by atoms with Crippen LogP contribution in [-0.2, 0) is 16.1 Å². The first-order chi connectivity index (χ1) is 11.1. The van der Waals surface area contributed by atoms with Gasteiger partial charge in [0.25, 0.3) is 0 Å². The average molecular weight is 321 g/mol. The number of para-hydroxylation sites is 1. The third-order valence-electron chi connectivity index (χ3n) is 3.96. The fraction of sp³-hybridized carbons (Fsp3) is 0.500. The van der Waals surface area contributed by atoms with Gasteiger partial charge < -0.3 is 20.1 Å². The van der Waals surface area contributed by atoms with E-state index < -0.39 is 6.04 Å². The van der Waals surface area contributed by atoms with Crippen molar-refractivity contribution < 1.29 is 19.1 Å². The third-order valence-corrected chi connectivity index (χ3v) is 3.96. The lowest BCUT2D eigenvalue weighted by Gasteiger charge is -2.35. The molecule has 7 nitrogen and oxygen atoms in total. The Balaban J connectivity index is 2.22. The van der Waals surface area contributed by atoms with E-state index in [0.29, 0.717) is 31.1 Å². The number of hydrogen-bond donors (Lipinski definition) is 2. The quantitative estimate of drug-likeness (QED) is 0.779. The third kappa shape index (κ3) is 3.92. The maximum absolute atomic E-state index is 12.1. The van der Waals surface area contributed by atoms with Crippen LogP contribution in [0.4, 0.5) is 0 Å². The number of ether oxygens (including phenoxy) is 2. The van der Waals surface area contributed by atoms with Crippen LogP contribution in [0.5, 0.6) is 11.5 Å². The van der Waals surface area contributed by atoms with Gasteiger partial charge in [-0.25, -0.2) is 0 Å². The van der Waals surface area contributed by atoms with Crippen LogP contribution in [0.25, 0.3) is 0 Å². The van der Waals surface area contributed by atoms with E-state index in [-0.39, 0.29) is 18.2 Å². The van der Waals surface area contributed by atoms with Gasteiger partial charge in [-0.15, -0.1) is 0 Å². The summed E-state index contributed by atoms with van der Waals surface area (Å²) >= 11 is 0. The van der Waals surface area contributed by atoms with Gasteiger partial charge in [-0.3, -0.25) is 14.5 Å². The fourth-order valence-electron chi connectivity index (χ4n) is 2.75. The molecule has 0 spiro atoms. The summed E-state index contributed by atoms with van der Waals surface area (Å²) < 4.78 is 10.8. The number of methoxy groups -OCH3 is 2. The summed E-state index contributed by atoms with van der Waals surface area (Å²) in [4.78, 5) is 25.8. The molecule has 0 aliphatic carbocycles. The predicted molar refractivity (Wildman–Crippen MR) is 85.4 cm³/mol. The zero-order chi connectivity index (χ0) is 16.8. The van der Waals surface area contributed by atoms with Crippen LogP contribution in [-0.4, -0.2) is 57.1 Å². The molecular formula is C16H23N3O4. The van der Waals surface area contributed by atoms with E-state index in [1.165, 1.54) is 0 Å². The van der Waals surface area contributed by atoms with Gasteiger partial charge in [-0.05, 0) is 6.07 Å². The van der Waals surface area contributed by atoms with Crippen molar-refractivity contribution in [1.29, 1.82) is 0 Å². The molecule has 0 saturated carbocycles. The monoisotopic (exact) mass is 321 g/mol. The molecule has 1 unspecified atom stereocenters. The number of carbonyl (C=O) groups excluding carboxylic acids is 2. The van der Waals surface area contributed by atoms with Crippen molar-refractivity contribution in [3.63, 3.8) is 0 Å². The molecule has 1 heterocycles. The van der Waals surface area contributed by atoms with Crippen LogP contribution in [0.1, 0.15) is 12.0 Å². The van der Waals surface area contributed by atoms with Crippen LogP contribution in [0.2, 0.25) is 0 Å². The SMILES string of the molecule is CNC(=O)CC1C(=O)NCCN1Cc1cccc(OC)c1OC. The molecule has 1 aliphatic rings. The summed E-state index contributed by atoms with van der Waals surface area (Å²) in [5, 5.41) is 5.38. The summed E-state index contributed by atoms with van der Waals surface area (Å²) in [7, 11) is 4.75. The van der Waals surface area contributed by atoms with Gasteiger partial charge in [0.1, 0.15) is 0 Å². The van der Waals surface area contributed by atoms with Gasteiger partial charge in [0.15, 0.2) is 11.5 Å². The van der Waals surface area contributed by atoms with E-state index in [9.17, 15) is 9.59 Å². The molecule has 2 rings (SSSR count).